The maximum Gasteiger partial charge on any atom is 0.245 e. The number of ether oxygens (including phenoxy) is 1. The summed E-state index contributed by atoms with van der Waals surface area (Å²) in [5, 5.41) is 3.00. The molecule has 0 bridgehead atoms. The third-order valence-corrected chi connectivity index (χ3v) is 7.13. The lowest BCUT2D eigenvalue weighted by Gasteiger charge is -2.31. The lowest BCUT2D eigenvalue weighted by Crippen LogP contribution is -2.52. The van der Waals surface area contributed by atoms with Crippen LogP contribution in [0.3, 0.4) is 0 Å². The van der Waals surface area contributed by atoms with Crippen LogP contribution in [0, 0.1) is 5.92 Å². The van der Waals surface area contributed by atoms with Gasteiger partial charge in [-0.15, -0.1) is 11.8 Å². The van der Waals surface area contributed by atoms with Gasteiger partial charge in [0.05, 0.1) is 5.25 Å². The van der Waals surface area contributed by atoms with Gasteiger partial charge in [-0.25, -0.2) is 0 Å². The summed E-state index contributed by atoms with van der Waals surface area (Å²) in [5.41, 5.74) is 1.81. The molecule has 2 atom stereocenters. The molecule has 0 radical (unpaired) electrons. The van der Waals surface area contributed by atoms with Crippen molar-refractivity contribution in [3.05, 3.63) is 65.7 Å². The number of nitrogens with one attached hydrogen (secondary N) is 1. The van der Waals surface area contributed by atoms with Crippen molar-refractivity contribution in [2.75, 3.05) is 12.3 Å². The van der Waals surface area contributed by atoms with Crippen LogP contribution in [0.25, 0.3) is 0 Å². The summed E-state index contributed by atoms with van der Waals surface area (Å²) < 4.78 is 5.94. The van der Waals surface area contributed by atoms with E-state index in [-0.39, 0.29) is 22.7 Å². The fourth-order valence-corrected chi connectivity index (χ4v) is 5.52. The van der Waals surface area contributed by atoms with Crippen molar-refractivity contribution in [2.45, 2.75) is 77.3 Å². The molecule has 0 saturated carbocycles. The molecule has 3 rings (SSSR count). The summed E-state index contributed by atoms with van der Waals surface area (Å²) in [7, 11) is 0. The highest BCUT2D eigenvalue weighted by Gasteiger charge is 2.31. The van der Waals surface area contributed by atoms with Gasteiger partial charge < -0.3 is 15.0 Å². The molecular formula is C29H40N2O3S. The third-order valence-electron chi connectivity index (χ3n) is 5.80. The number of rotatable bonds is 7. The van der Waals surface area contributed by atoms with Gasteiger partial charge in [0.25, 0.3) is 0 Å². The Labute approximate surface area is 215 Å². The smallest absolute Gasteiger partial charge is 0.245 e. The van der Waals surface area contributed by atoms with Crippen molar-refractivity contribution < 1.29 is 14.3 Å². The fraction of sp³-hybridized carbons (Fsp3) is 0.517. The number of carbonyl (C=O) groups excluding carboxylic acids is 2. The number of hydrogen-bond donors (Lipinski definition) is 1. The van der Waals surface area contributed by atoms with Gasteiger partial charge in [0.1, 0.15) is 17.4 Å². The highest BCUT2D eigenvalue weighted by atomic mass is 32.2. The number of hydrogen-bond acceptors (Lipinski definition) is 4. The Kier molecular flexibility index (Phi) is 9.67. The Hall–Kier alpha value is -2.47. The van der Waals surface area contributed by atoms with E-state index in [9.17, 15) is 9.59 Å². The minimum atomic E-state index is -0.603. The van der Waals surface area contributed by atoms with E-state index in [0.29, 0.717) is 25.4 Å². The average Bonchev–Trinajstić information content (AvgIpc) is 2.79. The topological polar surface area (TPSA) is 58.6 Å². The number of thioether (sulfide) groups is 1. The van der Waals surface area contributed by atoms with E-state index in [4.69, 9.17) is 4.74 Å². The van der Waals surface area contributed by atoms with Crippen LogP contribution in [0.5, 0.6) is 5.75 Å². The van der Waals surface area contributed by atoms with Crippen molar-refractivity contribution in [3.63, 3.8) is 0 Å². The van der Waals surface area contributed by atoms with Crippen LogP contribution in [-0.2, 0) is 22.6 Å². The molecular weight excluding hydrogens is 456 g/mol. The van der Waals surface area contributed by atoms with Crippen molar-refractivity contribution in [1.82, 2.24) is 10.2 Å². The molecule has 35 heavy (non-hydrogen) atoms. The van der Waals surface area contributed by atoms with Crippen molar-refractivity contribution in [3.8, 4) is 5.75 Å². The molecule has 1 N–H and O–H groups in total. The van der Waals surface area contributed by atoms with Gasteiger partial charge in [-0.1, -0.05) is 56.3 Å². The van der Waals surface area contributed by atoms with Crippen molar-refractivity contribution >= 4 is 23.6 Å². The van der Waals surface area contributed by atoms with Gasteiger partial charge in [-0.05, 0) is 68.5 Å². The van der Waals surface area contributed by atoms with Gasteiger partial charge in [0.2, 0.25) is 11.8 Å². The molecule has 190 valence electrons. The second-order valence-corrected chi connectivity index (χ2v) is 12.0. The standard InChI is InChI=1S/C29H40N2O3S/c1-21(2)18-26-27(32)30-25(19-22-12-14-24(15-13-22)34-29(3,4)5)28(33)31(16-9-17-35-26)20-23-10-7-6-8-11-23/h6-8,10-15,21,25-26H,9,16-20H2,1-5H3,(H,30,32). The first kappa shape index (κ1) is 27.1. The summed E-state index contributed by atoms with van der Waals surface area (Å²) in [6.07, 6.45) is 2.13. The molecule has 2 unspecified atom stereocenters. The molecule has 1 aliphatic rings. The summed E-state index contributed by atoms with van der Waals surface area (Å²) in [6.45, 7) is 11.5. The average molecular weight is 497 g/mol. The van der Waals surface area contributed by atoms with E-state index in [1.165, 1.54) is 0 Å². The van der Waals surface area contributed by atoms with Crippen LogP contribution in [0.4, 0.5) is 0 Å². The maximum absolute atomic E-state index is 13.8. The largest absolute Gasteiger partial charge is 0.488 e. The Balaban J connectivity index is 1.82. The molecule has 2 aromatic carbocycles. The van der Waals surface area contributed by atoms with Gasteiger partial charge >= 0.3 is 0 Å². The molecule has 1 fully saturated rings. The Bertz CT molecular complexity index is 954. The van der Waals surface area contributed by atoms with Gasteiger partial charge in [-0.2, -0.15) is 0 Å². The molecule has 0 aliphatic carbocycles. The van der Waals surface area contributed by atoms with Crippen LogP contribution in [0.1, 0.15) is 58.6 Å². The third kappa shape index (κ3) is 8.92. The molecule has 1 heterocycles. The molecule has 0 spiro atoms. The molecule has 0 aromatic heterocycles. The molecule has 5 nitrogen and oxygen atoms in total. The lowest BCUT2D eigenvalue weighted by molar-refractivity contribution is -0.137. The number of nitrogens with zero attached hydrogens (tertiary/aromatic N) is 1. The van der Waals surface area contributed by atoms with E-state index < -0.39 is 6.04 Å². The van der Waals surface area contributed by atoms with E-state index in [2.05, 4.69) is 19.2 Å². The minimum absolute atomic E-state index is 0.0209. The highest BCUT2D eigenvalue weighted by molar-refractivity contribution is 8.00. The van der Waals surface area contributed by atoms with Crippen LogP contribution in [0.15, 0.2) is 54.6 Å². The predicted molar refractivity (Wildman–Crippen MR) is 145 cm³/mol. The molecule has 6 heteroatoms. The SMILES string of the molecule is CC(C)CC1SCCCN(Cc2ccccc2)C(=O)C(Cc2ccc(OC(C)(C)C)cc2)NC1=O. The zero-order valence-corrected chi connectivity index (χ0v) is 22.6. The lowest BCUT2D eigenvalue weighted by atomic mass is 10.0. The van der Waals surface area contributed by atoms with Crippen molar-refractivity contribution in [2.24, 2.45) is 5.92 Å². The second kappa shape index (κ2) is 12.5. The molecule has 2 aromatic rings. The van der Waals surface area contributed by atoms with Crippen LogP contribution < -0.4 is 10.1 Å². The van der Waals surface area contributed by atoms with Gasteiger partial charge in [0.15, 0.2) is 0 Å². The Morgan fingerprint density at radius 1 is 1.03 bits per heavy atom. The zero-order valence-electron chi connectivity index (χ0n) is 21.8. The Morgan fingerprint density at radius 2 is 1.71 bits per heavy atom. The van der Waals surface area contributed by atoms with Crippen LogP contribution in [-0.4, -0.2) is 45.9 Å². The van der Waals surface area contributed by atoms with E-state index in [1.807, 2.05) is 80.3 Å². The molecule has 1 saturated heterocycles. The molecule has 2 amide bonds. The van der Waals surface area contributed by atoms with Crippen LogP contribution >= 0.6 is 11.8 Å². The normalized spacial score (nSPS) is 20.0. The van der Waals surface area contributed by atoms with E-state index in [0.717, 1.165) is 35.5 Å². The Morgan fingerprint density at radius 3 is 2.34 bits per heavy atom. The van der Waals surface area contributed by atoms with E-state index in [1.54, 1.807) is 11.8 Å². The number of amides is 2. The van der Waals surface area contributed by atoms with Gasteiger partial charge in [0, 0.05) is 19.5 Å². The zero-order chi connectivity index (χ0) is 25.4. The summed E-state index contributed by atoms with van der Waals surface area (Å²) >= 11 is 1.71. The number of carbonyl (C=O) groups is 2. The molecule has 1 aliphatic heterocycles. The second-order valence-electron chi connectivity index (χ2n) is 10.7. The quantitative estimate of drug-likeness (QED) is 0.552. The van der Waals surface area contributed by atoms with Gasteiger partial charge in [-0.3, -0.25) is 9.59 Å². The summed E-state index contributed by atoms with van der Waals surface area (Å²) in [5.74, 6) is 2.02. The summed E-state index contributed by atoms with van der Waals surface area (Å²) in [6, 6.07) is 17.3. The minimum Gasteiger partial charge on any atom is -0.488 e. The maximum atomic E-state index is 13.8. The predicted octanol–water partition coefficient (Wildman–Crippen LogP) is 5.47. The first-order chi connectivity index (χ1) is 16.6. The fourth-order valence-electron chi connectivity index (χ4n) is 4.20. The first-order valence-electron chi connectivity index (χ1n) is 12.6. The summed E-state index contributed by atoms with van der Waals surface area (Å²) in [4.78, 5) is 29.0. The van der Waals surface area contributed by atoms with E-state index >= 15 is 0 Å². The monoisotopic (exact) mass is 496 g/mol. The number of benzene rings is 2. The van der Waals surface area contributed by atoms with Crippen molar-refractivity contribution in [1.29, 1.82) is 0 Å². The highest BCUT2D eigenvalue weighted by Crippen LogP contribution is 2.24. The first-order valence-corrected chi connectivity index (χ1v) is 13.7. The van der Waals surface area contributed by atoms with Crippen LogP contribution in [0.2, 0.25) is 0 Å².